The predicted octanol–water partition coefficient (Wildman–Crippen LogP) is 17.3. The largest absolute Gasteiger partial charge is 0.309 e. The van der Waals surface area contributed by atoms with Crippen LogP contribution in [0.1, 0.15) is 44.5 Å². The highest BCUT2D eigenvalue weighted by Crippen LogP contribution is 2.66. The van der Waals surface area contributed by atoms with Crippen molar-refractivity contribution in [2.24, 2.45) is 0 Å². The fourth-order valence-corrected chi connectivity index (χ4v) is 13.4. The summed E-state index contributed by atoms with van der Waals surface area (Å²) in [5, 5.41) is 7.56. The first-order valence-corrected chi connectivity index (χ1v) is 24.2. The van der Waals surface area contributed by atoms with Crippen LogP contribution in [-0.2, 0) is 10.8 Å². The molecule has 0 bridgehead atoms. The molecule has 0 amide bonds. The van der Waals surface area contributed by atoms with Gasteiger partial charge < -0.3 is 4.90 Å². The van der Waals surface area contributed by atoms with Crippen molar-refractivity contribution in [2.45, 2.75) is 10.8 Å². The van der Waals surface area contributed by atoms with Crippen LogP contribution < -0.4 is 4.90 Å². The Morgan fingerprint density at radius 1 is 0.246 bits per heavy atom. The van der Waals surface area contributed by atoms with Gasteiger partial charge in [-0.2, -0.15) is 0 Å². The van der Waals surface area contributed by atoms with E-state index in [2.05, 4.69) is 266 Å². The zero-order chi connectivity index (χ0) is 45.3. The molecule has 0 saturated carbocycles. The van der Waals surface area contributed by atoms with E-state index in [1.54, 1.807) is 0 Å². The third-order valence-electron chi connectivity index (χ3n) is 15.9. The van der Waals surface area contributed by atoms with E-state index in [-0.39, 0.29) is 0 Å². The number of nitrogens with zero attached hydrogens (tertiary/aromatic N) is 1. The third kappa shape index (κ3) is 4.93. The van der Waals surface area contributed by atoms with Gasteiger partial charge in [-0.15, -0.1) is 0 Å². The lowest BCUT2D eigenvalue weighted by atomic mass is 9.67. The van der Waals surface area contributed by atoms with E-state index in [0.29, 0.717) is 0 Å². The van der Waals surface area contributed by atoms with Crippen molar-refractivity contribution >= 4 is 49.4 Å². The second-order valence-electron chi connectivity index (χ2n) is 19.0. The van der Waals surface area contributed by atoms with E-state index in [1.807, 2.05) is 0 Å². The van der Waals surface area contributed by atoms with E-state index in [9.17, 15) is 0 Å². The Morgan fingerprint density at radius 3 is 1.20 bits per heavy atom. The molecule has 0 aromatic heterocycles. The number of anilines is 3. The molecule has 15 rings (SSSR count). The first-order chi connectivity index (χ1) is 34.3. The summed E-state index contributed by atoms with van der Waals surface area (Å²) in [4.78, 5) is 2.64. The zero-order valence-corrected chi connectivity index (χ0v) is 37.8. The SMILES string of the molecule is c1ccc(C2(c3ccccc3)c3ccccc3-c3c(N(c4ccc5c6ccccc6c6ccccc6c5c4)c4cccc5c4C4(c6ccccc6-c6ccccc64)c4ccccc4-5)cccc32)cc1. The van der Waals surface area contributed by atoms with Crippen molar-refractivity contribution in [3.05, 3.63) is 305 Å². The van der Waals surface area contributed by atoms with Gasteiger partial charge in [0.05, 0.1) is 22.2 Å². The fourth-order valence-electron chi connectivity index (χ4n) is 13.4. The van der Waals surface area contributed by atoms with Crippen LogP contribution in [0.3, 0.4) is 0 Å². The standard InChI is InChI=1S/C68H43N/c1-3-21-44(22-4-1)67(45-23-5-2-6-24-45)61-37-18-14-32-56(61)65-62(67)38-20-39-63(65)69(46-41-42-51-49-27-8-7-25-47(49)48-26-9-10-28-50(48)57(51)43-46)64-40-19-33-55-54-31-13-17-36-60(54)68(66(55)64)58-34-15-11-29-52(58)53-30-12-16-35-59(53)68/h1-43H. The molecular formula is C68H43N. The van der Waals surface area contributed by atoms with Crippen LogP contribution in [0.15, 0.2) is 261 Å². The van der Waals surface area contributed by atoms with Gasteiger partial charge in [-0.05, 0) is 123 Å². The highest BCUT2D eigenvalue weighted by Gasteiger charge is 2.54. The van der Waals surface area contributed by atoms with Gasteiger partial charge >= 0.3 is 0 Å². The minimum atomic E-state index is -0.568. The lowest BCUT2D eigenvalue weighted by molar-refractivity contribution is 0.768. The molecule has 0 fully saturated rings. The fraction of sp³-hybridized carbons (Fsp3) is 0.0294. The first-order valence-electron chi connectivity index (χ1n) is 24.2. The van der Waals surface area contributed by atoms with Crippen LogP contribution in [0.4, 0.5) is 17.1 Å². The summed E-state index contributed by atoms with van der Waals surface area (Å²) >= 11 is 0. The zero-order valence-electron chi connectivity index (χ0n) is 37.8. The maximum Gasteiger partial charge on any atom is 0.0746 e. The Hall–Kier alpha value is -8.78. The molecule has 1 spiro atoms. The molecule has 0 saturated heterocycles. The van der Waals surface area contributed by atoms with Gasteiger partial charge in [0.1, 0.15) is 0 Å². The summed E-state index contributed by atoms with van der Waals surface area (Å²) in [6.07, 6.45) is 0. The van der Waals surface area contributed by atoms with Gasteiger partial charge in [0.15, 0.2) is 0 Å². The van der Waals surface area contributed by atoms with Crippen molar-refractivity contribution < 1.29 is 0 Å². The van der Waals surface area contributed by atoms with E-state index in [4.69, 9.17) is 0 Å². The topological polar surface area (TPSA) is 3.24 Å². The molecule has 0 radical (unpaired) electrons. The molecule has 320 valence electrons. The third-order valence-corrected chi connectivity index (χ3v) is 15.9. The Bertz CT molecular complexity index is 3950. The summed E-state index contributed by atoms with van der Waals surface area (Å²) in [5.74, 6) is 0. The van der Waals surface area contributed by atoms with E-state index in [0.717, 1.165) is 11.4 Å². The molecule has 0 N–H and O–H groups in total. The molecule has 0 unspecified atom stereocenters. The van der Waals surface area contributed by atoms with E-state index >= 15 is 0 Å². The van der Waals surface area contributed by atoms with E-state index in [1.165, 1.54) is 116 Å². The molecule has 0 aliphatic heterocycles. The Labute approximate surface area is 401 Å². The maximum absolute atomic E-state index is 2.64. The smallest absolute Gasteiger partial charge is 0.0746 e. The summed E-state index contributed by atoms with van der Waals surface area (Å²) < 4.78 is 0. The van der Waals surface area contributed by atoms with Crippen LogP contribution in [0.5, 0.6) is 0 Å². The lowest BCUT2D eigenvalue weighted by Crippen LogP contribution is -2.29. The highest BCUT2D eigenvalue weighted by atomic mass is 15.2. The molecule has 3 aliphatic rings. The second kappa shape index (κ2) is 14.4. The van der Waals surface area contributed by atoms with Gasteiger partial charge in [-0.3, -0.25) is 0 Å². The van der Waals surface area contributed by atoms with Crippen LogP contribution in [0, 0.1) is 0 Å². The van der Waals surface area contributed by atoms with Gasteiger partial charge in [-0.25, -0.2) is 0 Å². The van der Waals surface area contributed by atoms with Gasteiger partial charge in [-0.1, -0.05) is 237 Å². The Morgan fingerprint density at radius 2 is 0.638 bits per heavy atom. The van der Waals surface area contributed by atoms with Gasteiger partial charge in [0, 0.05) is 16.8 Å². The molecule has 0 atom stereocenters. The molecule has 1 heteroatoms. The molecule has 0 heterocycles. The molecular weight excluding hydrogens is 831 g/mol. The lowest BCUT2D eigenvalue weighted by Gasteiger charge is -2.37. The predicted molar refractivity (Wildman–Crippen MR) is 287 cm³/mol. The minimum absolute atomic E-state index is 0.561. The van der Waals surface area contributed by atoms with Crippen molar-refractivity contribution in [3.63, 3.8) is 0 Å². The second-order valence-corrected chi connectivity index (χ2v) is 19.0. The maximum atomic E-state index is 2.64. The summed E-state index contributed by atoms with van der Waals surface area (Å²) in [5.41, 5.74) is 20.3. The van der Waals surface area contributed by atoms with Crippen LogP contribution in [-0.4, -0.2) is 0 Å². The monoisotopic (exact) mass is 873 g/mol. The van der Waals surface area contributed by atoms with Crippen molar-refractivity contribution in [1.82, 2.24) is 0 Å². The summed E-state index contributed by atoms with van der Waals surface area (Å²) in [6, 6.07) is 98.3. The summed E-state index contributed by atoms with van der Waals surface area (Å²) in [6.45, 7) is 0. The molecule has 69 heavy (non-hydrogen) atoms. The van der Waals surface area contributed by atoms with Crippen molar-refractivity contribution in [2.75, 3.05) is 4.90 Å². The molecule has 12 aromatic rings. The number of hydrogen-bond donors (Lipinski definition) is 0. The normalized spacial score (nSPS) is 14.0. The van der Waals surface area contributed by atoms with Crippen molar-refractivity contribution in [1.29, 1.82) is 0 Å². The minimum Gasteiger partial charge on any atom is -0.309 e. The van der Waals surface area contributed by atoms with Crippen LogP contribution >= 0.6 is 0 Å². The first kappa shape index (κ1) is 38.3. The number of hydrogen-bond acceptors (Lipinski definition) is 1. The van der Waals surface area contributed by atoms with E-state index < -0.39 is 10.8 Å². The number of benzene rings is 12. The van der Waals surface area contributed by atoms with Gasteiger partial charge in [0.2, 0.25) is 0 Å². The van der Waals surface area contributed by atoms with Crippen molar-refractivity contribution in [3.8, 4) is 33.4 Å². The number of fused-ring (bicyclic) bond motifs is 19. The Balaban J connectivity index is 1.11. The average molecular weight is 874 g/mol. The molecule has 1 nitrogen and oxygen atoms in total. The van der Waals surface area contributed by atoms with Gasteiger partial charge in [0.25, 0.3) is 0 Å². The highest BCUT2D eigenvalue weighted by molar-refractivity contribution is 6.26. The van der Waals surface area contributed by atoms with Crippen LogP contribution in [0.2, 0.25) is 0 Å². The number of rotatable bonds is 5. The Kier molecular flexibility index (Phi) is 7.98. The molecule has 3 aliphatic carbocycles. The van der Waals surface area contributed by atoms with Crippen LogP contribution in [0.25, 0.3) is 65.7 Å². The summed E-state index contributed by atoms with van der Waals surface area (Å²) in [7, 11) is 0. The average Bonchev–Trinajstić information content (AvgIpc) is 4.03. The molecule has 12 aromatic carbocycles. The quantitative estimate of drug-likeness (QED) is 0.156.